The fraction of sp³-hybridized carbons (Fsp3) is 0.258. The van der Waals surface area contributed by atoms with Gasteiger partial charge in [-0.1, -0.05) is 0 Å². The van der Waals surface area contributed by atoms with E-state index in [-0.39, 0.29) is 18.5 Å². The van der Waals surface area contributed by atoms with Gasteiger partial charge in [0, 0.05) is 60.2 Å². The van der Waals surface area contributed by atoms with Crippen molar-refractivity contribution in [1.29, 1.82) is 0 Å². The van der Waals surface area contributed by atoms with Crippen LogP contribution < -0.4 is 20.4 Å². The van der Waals surface area contributed by atoms with E-state index in [0.29, 0.717) is 43.6 Å². The summed E-state index contributed by atoms with van der Waals surface area (Å²) in [6.07, 6.45) is 5.60. The van der Waals surface area contributed by atoms with Crippen LogP contribution in [0.1, 0.15) is 0 Å². The Kier molecular flexibility index (Phi) is 8.77. The molecular formula is C31H31N7O4S. The molecule has 43 heavy (non-hydrogen) atoms. The summed E-state index contributed by atoms with van der Waals surface area (Å²) in [5, 5.41) is 5.70. The van der Waals surface area contributed by atoms with E-state index in [2.05, 4.69) is 20.5 Å². The first-order chi connectivity index (χ1) is 21.1. The molecule has 0 unspecified atom stereocenters. The molecule has 2 aromatic carbocycles. The molecule has 0 radical (unpaired) electrons. The predicted molar refractivity (Wildman–Crippen MR) is 168 cm³/mol. The van der Waals surface area contributed by atoms with E-state index < -0.39 is 0 Å². The van der Waals surface area contributed by atoms with Crippen molar-refractivity contribution in [3.8, 4) is 22.6 Å². The van der Waals surface area contributed by atoms with Gasteiger partial charge in [-0.3, -0.25) is 9.78 Å². The molecule has 2 aliphatic rings. The number of carbonyl (C=O) groups is 2. The fourth-order valence-corrected chi connectivity index (χ4v) is 5.67. The molecule has 11 nitrogen and oxygen atoms in total. The molecule has 0 atom stereocenters. The molecule has 0 saturated carbocycles. The number of thioether (sulfide) groups is 1. The van der Waals surface area contributed by atoms with Crippen LogP contribution in [0, 0.1) is 0 Å². The number of nitrogens with one attached hydrogen (secondary N) is 2. The molecule has 3 amide bonds. The van der Waals surface area contributed by atoms with Crippen LogP contribution in [0.5, 0.6) is 0 Å². The fourth-order valence-electron chi connectivity index (χ4n) is 4.96. The van der Waals surface area contributed by atoms with Crippen molar-refractivity contribution in [3.05, 3.63) is 73.1 Å². The maximum absolute atomic E-state index is 12.7. The molecule has 220 valence electrons. The van der Waals surface area contributed by atoms with E-state index in [4.69, 9.17) is 19.4 Å². The largest absolute Gasteiger partial charge is 0.378 e. The topological polar surface area (TPSA) is 122 Å². The highest BCUT2D eigenvalue weighted by Crippen LogP contribution is 2.37. The Morgan fingerprint density at radius 1 is 0.860 bits per heavy atom. The first-order valence-electron chi connectivity index (χ1n) is 13.9. The third-order valence-electron chi connectivity index (χ3n) is 7.12. The quantitative estimate of drug-likeness (QED) is 0.290. The molecule has 0 spiro atoms. The molecule has 2 aliphatic heterocycles. The Hall–Kier alpha value is -4.52. The Bertz CT molecular complexity index is 1580. The predicted octanol–water partition coefficient (Wildman–Crippen LogP) is 4.77. The zero-order valence-corrected chi connectivity index (χ0v) is 24.5. The van der Waals surface area contributed by atoms with Gasteiger partial charge in [-0.2, -0.15) is 0 Å². The number of hydrogen-bond acceptors (Lipinski definition) is 9. The summed E-state index contributed by atoms with van der Waals surface area (Å²) in [5.74, 6) is 1.39. The zero-order chi connectivity index (χ0) is 29.6. The summed E-state index contributed by atoms with van der Waals surface area (Å²) in [5.41, 5.74) is 4.58. The Labute approximate surface area is 253 Å². The summed E-state index contributed by atoms with van der Waals surface area (Å²) in [4.78, 5) is 44.0. The number of urea groups is 1. The van der Waals surface area contributed by atoms with E-state index in [1.165, 1.54) is 0 Å². The van der Waals surface area contributed by atoms with Gasteiger partial charge in [-0.25, -0.2) is 14.8 Å². The van der Waals surface area contributed by atoms with Gasteiger partial charge in [-0.15, -0.1) is 11.8 Å². The lowest BCUT2D eigenvalue weighted by atomic mass is 10.1. The lowest BCUT2D eigenvalue weighted by Crippen LogP contribution is -2.41. The van der Waals surface area contributed by atoms with Crippen molar-refractivity contribution >= 4 is 46.6 Å². The Morgan fingerprint density at radius 2 is 1.56 bits per heavy atom. The maximum atomic E-state index is 12.7. The number of anilines is 4. The smallest absolute Gasteiger partial charge is 0.323 e. The highest BCUT2D eigenvalue weighted by atomic mass is 32.2. The van der Waals surface area contributed by atoms with Gasteiger partial charge < -0.3 is 29.9 Å². The van der Waals surface area contributed by atoms with E-state index in [9.17, 15) is 9.59 Å². The van der Waals surface area contributed by atoms with Crippen molar-refractivity contribution in [1.82, 2.24) is 15.0 Å². The summed E-state index contributed by atoms with van der Waals surface area (Å²) < 4.78 is 10.8. The highest BCUT2D eigenvalue weighted by molar-refractivity contribution is 7.98. The van der Waals surface area contributed by atoms with Crippen LogP contribution in [0.4, 0.5) is 27.7 Å². The second-order valence-electron chi connectivity index (χ2n) is 9.90. The van der Waals surface area contributed by atoms with Gasteiger partial charge in [0.25, 0.3) is 5.91 Å². The Morgan fingerprint density at radius 3 is 2.21 bits per heavy atom. The van der Waals surface area contributed by atoms with Gasteiger partial charge in [0.2, 0.25) is 0 Å². The second-order valence-corrected chi connectivity index (χ2v) is 10.7. The number of amides is 3. The lowest BCUT2D eigenvalue weighted by molar-refractivity contribution is -0.125. The third-order valence-corrected chi connectivity index (χ3v) is 7.91. The minimum atomic E-state index is -0.378. The van der Waals surface area contributed by atoms with Crippen LogP contribution in [-0.2, 0) is 14.3 Å². The normalized spacial score (nSPS) is 15.3. The van der Waals surface area contributed by atoms with Crippen molar-refractivity contribution in [2.75, 3.05) is 72.8 Å². The number of hydrogen-bond donors (Lipinski definition) is 2. The average Bonchev–Trinajstić information content (AvgIpc) is 3.06. The number of pyridine rings is 1. The lowest BCUT2D eigenvalue weighted by Gasteiger charge is -2.30. The van der Waals surface area contributed by atoms with Gasteiger partial charge in [0.05, 0.1) is 30.4 Å². The molecule has 6 rings (SSSR count). The van der Waals surface area contributed by atoms with Crippen molar-refractivity contribution < 1.29 is 19.1 Å². The summed E-state index contributed by atoms with van der Waals surface area (Å²) >= 11 is 1.62. The molecule has 4 aromatic rings. The van der Waals surface area contributed by atoms with Crippen molar-refractivity contribution in [3.63, 3.8) is 0 Å². The maximum Gasteiger partial charge on any atom is 0.323 e. The monoisotopic (exact) mass is 597 g/mol. The van der Waals surface area contributed by atoms with Gasteiger partial charge in [0.1, 0.15) is 12.4 Å². The van der Waals surface area contributed by atoms with Crippen LogP contribution in [-0.4, -0.2) is 79.2 Å². The number of carbonyl (C=O) groups excluding carboxylic acids is 2. The summed E-state index contributed by atoms with van der Waals surface area (Å²) in [6, 6.07) is 18.1. The summed E-state index contributed by atoms with van der Waals surface area (Å²) in [6.45, 7) is 3.89. The van der Waals surface area contributed by atoms with Crippen molar-refractivity contribution in [2.45, 2.75) is 4.90 Å². The van der Waals surface area contributed by atoms with Crippen LogP contribution in [0.25, 0.3) is 22.6 Å². The molecule has 4 heterocycles. The number of ether oxygens (including phenoxy) is 2. The molecule has 2 saturated heterocycles. The molecule has 2 N–H and O–H groups in total. The van der Waals surface area contributed by atoms with Crippen molar-refractivity contribution in [2.24, 2.45) is 0 Å². The van der Waals surface area contributed by atoms with E-state index in [1.54, 1.807) is 47.1 Å². The minimum Gasteiger partial charge on any atom is -0.378 e. The number of benzene rings is 2. The van der Waals surface area contributed by atoms with E-state index in [1.807, 2.05) is 48.9 Å². The zero-order valence-electron chi connectivity index (χ0n) is 23.7. The first kappa shape index (κ1) is 28.6. The molecule has 2 fully saturated rings. The van der Waals surface area contributed by atoms with Gasteiger partial charge in [0.15, 0.2) is 5.82 Å². The van der Waals surface area contributed by atoms with E-state index >= 15 is 0 Å². The number of nitrogens with zero attached hydrogens (tertiary/aromatic N) is 5. The highest BCUT2D eigenvalue weighted by Gasteiger charge is 2.23. The average molecular weight is 598 g/mol. The number of aromatic nitrogens is 3. The van der Waals surface area contributed by atoms with Crippen LogP contribution in [0.3, 0.4) is 0 Å². The number of morpholine rings is 2. The molecular weight excluding hydrogens is 566 g/mol. The third kappa shape index (κ3) is 6.61. The second kappa shape index (κ2) is 13.2. The molecule has 0 bridgehead atoms. The van der Waals surface area contributed by atoms with Crippen LogP contribution in [0.2, 0.25) is 0 Å². The summed E-state index contributed by atoms with van der Waals surface area (Å²) in [7, 11) is 0. The minimum absolute atomic E-state index is 0.0793. The SMILES string of the molecule is CSc1c(-c2cccnc2)nc(-c2ccc(NC(=O)Nc3ccc(N4CCOCC4=O)cc3)cc2)nc1N1CCOCC1. The Balaban J connectivity index is 1.19. The van der Waals surface area contributed by atoms with Gasteiger partial charge in [-0.05, 0) is 66.9 Å². The first-order valence-corrected chi connectivity index (χ1v) is 15.2. The molecule has 2 aromatic heterocycles. The molecule has 12 heteroatoms. The van der Waals surface area contributed by atoms with Crippen LogP contribution >= 0.6 is 11.8 Å². The number of rotatable bonds is 7. The standard InChI is InChI=1S/C31H31N7O4S/c1-43-28-27(22-3-2-12-32-19-22)35-29(36-30(28)37-13-16-41-17-14-37)21-4-6-23(7-5-21)33-31(40)34-24-8-10-25(11-9-24)38-15-18-42-20-26(38)39/h2-12,19H,13-18,20H2,1H3,(H2,33,34,40). The molecule has 0 aliphatic carbocycles. The van der Waals surface area contributed by atoms with Gasteiger partial charge >= 0.3 is 6.03 Å². The van der Waals surface area contributed by atoms with E-state index in [0.717, 1.165) is 46.3 Å². The van der Waals surface area contributed by atoms with Crippen LogP contribution in [0.15, 0.2) is 78.0 Å².